The van der Waals surface area contributed by atoms with Crippen LogP contribution in [-0.2, 0) is 11.2 Å². The van der Waals surface area contributed by atoms with Gasteiger partial charge in [-0.25, -0.2) is 4.98 Å². The topological polar surface area (TPSA) is 61.5 Å². The summed E-state index contributed by atoms with van der Waals surface area (Å²) >= 11 is 0. The molecule has 1 aliphatic rings. The van der Waals surface area contributed by atoms with E-state index in [4.69, 9.17) is 9.47 Å². The van der Waals surface area contributed by atoms with E-state index in [1.807, 2.05) is 12.3 Å². The molecule has 1 saturated heterocycles. The molecule has 6 nitrogen and oxygen atoms in total. The number of nitrogens with zero attached hydrogens (tertiary/aromatic N) is 4. The van der Waals surface area contributed by atoms with E-state index in [2.05, 4.69) is 68.1 Å². The van der Waals surface area contributed by atoms with Crippen molar-refractivity contribution in [3.63, 3.8) is 0 Å². The lowest BCUT2D eigenvalue weighted by Crippen LogP contribution is -2.16. The van der Waals surface area contributed by atoms with Crippen molar-refractivity contribution >= 4 is 5.65 Å². The highest BCUT2D eigenvalue weighted by Gasteiger charge is 2.23. The molecule has 0 bridgehead atoms. The average molecular weight is 400 g/mol. The van der Waals surface area contributed by atoms with Gasteiger partial charge in [0.05, 0.1) is 12.8 Å². The number of rotatable bonds is 5. The molecule has 0 radical (unpaired) electrons. The van der Waals surface area contributed by atoms with Gasteiger partial charge in [-0.2, -0.15) is 0 Å². The Labute approximate surface area is 175 Å². The third kappa shape index (κ3) is 3.66. The third-order valence-corrected chi connectivity index (χ3v) is 5.66. The lowest BCUT2D eigenvalue weighted by molar-refractivity contribution is 0.0834. The summed E-state index contributed by atoms with van der Waals surface area (Å²) in [5, 5.41) is 8.80. The number of hydrogen-bond acceptors (Lipinski definition) is 5. The van der Waals surface area contributed by atoms with Crippen LogP contribution in [0.25, 0.3) is 16.8 Å². The second-order valence-corrected chi connectivity index (χ2v) is 7.62. The molecule has 2 aromatic heterocycles. The summed E-state index contributed by atoms with van der Waals surface area (Å²) < 4.78 is 13.1. The van der Waals surface area contributed by atoms with E-state index in [1.54, 1.807) is 7.11 Å². The maximum Gasteiger partial charge on any atom is 0.260 e. The molecule has 4 aromatic rings. The maximum absolute atomic E-state index is 5.52. The van der Waals surface area contributed by atoms with E-state index in [1.165, 1.54) is 16.7 Å². The molecule has 0 aliphatic carbocycles. The Morgan fingerprint density at radius 3 is 2.43 bits per heavy atom. The van der Waals surface area contributed by atoms with Crippen molar-refractivity contribution in [3.05, 3.63) is 77.9 Å². The molecule has 0 atom stereocenters. The molecule has 5 rings (SSSR count). The van der Waals surface area contributed by atoms with Crippen molar-refractivity contribution in [2.75, 3.05) is 20.3 Å². The average Bonchev–Trinajstić information content (AvgIpc) is 3.24. The summed E-state index contributed by atoms with van der Waals surface area (Å²) in [5.41, 5.74) is 5.23. The summed E-state index contributed by atoms with van der Waals surface area (Å²) in [6, 6.07) is 19.0. The molecular weight excluding hydrogens is 376 g/mol. The fourth-order valence-corrected chi connectivity index (χ4v) is 4.05. The van der Waals surface area contributed by atoms with Gasteiger partial charge in [-0.1, -0.05) is 54.6 Å². The van der Waals surface area contributed by atoms with Gasteiger partial charge >= 0.3 is 0 Å². The molecule has 0 spiro atoms. The fraction of sp³-hybridized carbons (Fsp3) is 0.292. The normalized spacial score (nSPS) is 14.8. The van der Waals surface area contributed by atoms with Gasteiger partial charge in [-0.05, 0) is 29.5 Å². The third-order valence-electron chi connectivity index (χ3n) is 5.66. The summed E-state index contributed by atoms with van der Waals surface area (Å²) in [6.45, 7) is 1.53. The maximum atomic E-state index is 5.52. The summed E-state index contributed by atoms with van der Waals surface area (Å²) in [4.78, 5) is 4.68. The van der Waals surface area contributed by atoms with Gasteiger partial charge in [0.25, 0.3) is 5.88 Å². The van der Waals surface area contributed by atoms with Crippen LogP contribution in [0.4, 0.5) is 0 Å². The van der Waals surface area contributed by atoms with Crippen LogP contribution in [0.2, 0.25) is 0 Å². The van der Waals surface area contributed by atoms with Crippen molar-refractivity contribution in [3.8, 4) is 17.0 Å². The van der Waals surface area contributed by atoms with Crippen LogP contribution in [0.3, 0.4) is 0 Å². The Balaban J connectivity index is 1.45. The molecule has 0 N–H and O–H groups in total. The van der Waals surface area contributed by atoms with Crippen LogP contribution in [0.15, 0.2) is 60.8 Å². The van der Waals surface area contributed by atoms with E-state index in [0.29, 0.717) is 23.9 Å². The molecule has 1 fully saturated rings. The Morgan fingerprint density at radius 2 is 1.70 bits per heavy atom. The number of hydrogen-bond donors (Lipinski definition) is 0. The zero-order chi connectivity index (χ0) is 20.3. The molecule has 152 valence electrons. The Kier molecular flexibility index (Phi) is 5.15. The van der Waals surface area contributed by atoms with Crippen LogP contribution in [0.1, 0.15) is 35.8 Å². The van der Waals surface area contributed by atoms with Gasteiger partial charge in [0.1, 0.15) is 5.82 Å². The van der Waals surface area contributed by atoms with E-state index >= 15 is 0 Å². The van der Waals surface area contributed by atoms with Crippen molar-refractivity contribution in [2.45, 2.75) is 25.2 Å². The second-order valence-electron chi connectivity index (χ2n) is 7.62. The van der Waals surface area contributed by atoms with Gasteiger partial charge in [-0.3, -0.25) is 4.40 Å². The van der Waals surface area contributed by atoms with E-state index in [0.717, 1.165) is 37.6 Å². The number of fused-ring (bicyclic) bond motifs is 1. The highest BCUT2D eigenvalue weighted by Crippen LogP contribution is 2.28. The monoisotopic (exact) mass is 400 g/mol. The quantitative estimate of drug-likeness (QED) is 0.500. The highest BCUT2D eigenvalue weighted by atomic mass is 16.5. The smallest absolute Gasteiger partial charge is 0.260 e. The Hall–Kier alpha value is -3.25. The molecular formula is C24H24N4O2. The first-order chi connectivity index (χ1) is 14.8. The molecule has 2 aromatic carbocycles. The number of benzene rings is 2. The minimum absolute atomic E-state index is 0.346. The first-order valence-corrected chi connectivity index (χ1v) is 10.3. The number of methoxy groups -OCH3 is 1. The predicted molar refractivity (Wildman–Crippen MR) is 115 cm³/mol. The zero-order valence-corrected chi connectivity index (χ0v) is 17.0. The molecule has 6 heteroatoms. The van der Waals surface area contributed by atoms with Gasteiger partial charge in [0.15, 0.2) is 0 Å². The fourth-order valence-electron chi connectivity index (χ4n) is 4.05. The van der Waals surface area contributed by atoms with Crippen LogP contribution in [0, 0.1) is 0 Å². The highest BCUT2D eigenvalue weighted by molar-refractivity contribution is 5.63. The zero-order valence-electron chi connectivity index (χ0n) is 17.0. The molecule has 0 amide bonds. The van der Waals surface area contributed by atoms with Gasteiger partial charge in [0.2, 0.25) is 5.65 Å². The summed E-state index contributed by atoms with van der Waals surface area (Å²) in [7, 11) is 1.63. The van der Waals surface area contributed by atoms with Crippen LogP contribution >= 0.6 is 0 Å². The van der Waals surface area contributed by atoms with Gasteiger partial charge in [0, 0.05) is 31.7 Å². The molecule has 0 saturated carbocycles. The first kappa shape index (κ1) is 18.8. The van der Waals surface area contributed by atoms with Crippen molar-refractivity contribution < 1.29 is 9.47 Å². The number of ether oxygens (including phenoxy) is 2. The van der Waals surface area contributed by atoms with Crippen molar-refractivity contribution in [1.29, 1.82) is 0 Å². The molecule has 1 aliphatic heterocycles. The molecule has 0 unspecified atom stereocenters. The Bertz CT molecular complexity index is 1130. The largest absolute Gasteiger partial charge is 0.478 e. The van der Waals surface area contributed by atoms with Gasteiger partial charge in [-0.15, -0.1) is 10.2 Å². The lowest BCUT2D eigenvalue weighted by Gasteiger charge is -2.20. The lowest BCUT2D eigenvalue weighted by atomic mass is 9.99. The van der Waals surface area contributed by atoms with Crippen LogP contribution in [-0.4, -0.2) is 39.9 Å². The van der Waals surface area contributed by atoms with Gasteiger partial charge < -0.3 is 9.47 Å². The van der Waals surface area contributed by atoms with E-state index in [9.17, 15) is 0 Å². The SMILES string of the molecule is COc1nc(Cc2ccc(-c3ccccc3)cc2)cn2c(C3CCOCC3)nnc12. The summed E-state index contributed by atoms with van der Waals surface area (Å²) in [6.07, 6.45) is 4.68. The first-order valence-electron chi connectivity index (χ1n) is 10.3. The van der Waals surface area contributed by atoms with Crippen molar-refractivity contribution in [1.82, 2.24) is 19.6 Å². The minimum atomic E-state index is 0.346. The van der Waals surface area contributed by atoms with Crippen molar-refractivity contribution in [2.24, 2.45) is 0 Å². The van der Waals surface area contributed by atoms with E-state index in [-0.39, 0.29) is 0 Å². The van der Waals surface area contributed by atoms with E-state index < -0.39 is 0 Å². The second kappa shape index (κ2) is 8.24. The molecule has 3 heterocycles. The summed E-state index contributed by atoms with van der Waals surface area (Å²) in [5.74, 6) is 1.83. The minimum Gasteiger partial charge on any atom is -0.478 e. The van der Waals surface area contributed by atoms with Crippen LogP contribution < -0.4 is 4.74 Å². The van der Waals surface area contributed by atoms with Crippen LogP contribution in [0.5, 0.6) is 5.88 Å². The predicted octanol–water partition coefficient (Wildman–Crippen LogP) is 4.28. The molecule has 30 heavy (non-hydrogen) atoms. The number of aromatic nitrogens is 4. The Morgan fingerprint density at radius 1 is 0.967 bits per heavy atom. The standard InChI is InChI=1S/C24H24N4O2/c1-29-24-23-27-26-22(20-11-13-30-14-12-20)28(23)16-21(25-24)15-17-7-9-19(10-8-17)18-5-3-2-4-6-18/h2-10,16,20H,11-15H2,1H3.